The zero-order valence-electron chi connectivity index (χ0n) is 13.6. The molecule has 3 aromatic rings. The third-order valence-electron chi connectivity index (χ3n) is 3.98. The number of halogens is 2. The molecule has 24 heavy (non-hydrogen) atoms. The molecular weight excluding hydrogens is 373 g/mol. The summed E-state index contributed by atoms with van der Waals surface area (Å²) in [4.78, 5) is 0. The van der Waals surface area contributed by atoms with Crippen molar-refractivity contribution in [3.63, 3.8) is 0 Å². The van der Waals surface area contributed by atoms with Crippen molar-refractivity contribution < 1.29 is 35.8 Å². The molecule has 0 aliphatic rings. The van der Waals surface area contributed by atoms with Gasteiger partial charge in [0.2, 0.25) is 5.52 Å². The van der Waals surface area contributed by atoms with E-state index >= 15 is 0 Å². The molecule has 5 heteroatoms. The normalized spacial score (nSPS) is 10.8. The van der Waals surface area contributed by atoms with Crippen molar-refractivity contribution in [3.8, 4) is 5.75 Å². The average Bonchev–Trinajstić information content (AvgIpc) is 2.55. The van der Waals surface area contributed by atoms with Crippen molar-refractivity contribution in [2.24, 2.45) is 0 Å². The third kappa shape index (κ3) is 3.84. The second-order valence-corrected chi connectivity index (χ2v) is 5.66. The van der Waals surface area contributed by atoms with Crippen molar-refractivity contribution in [2.75, 3.05) is 13.2 Å². The van der Waals surface area contributed by atoms with Gasteiger partial charge in [0.05, 0.1) is 17.4 Å². The van der Waals surface area contributed by atoms with E-state index in [9.17, 15) is 9.50 Å². The van der Waals surface area contributed by atoms with Crippen LogP contribution in [0.3, 0.4) is 0 Å². The highest BCUT2D eigenvalue weighted by molar-refractivity contribution is 6.04. The Balaban J connectivity index is 0.00000208. The number of benzene rings is 2. The molecule has 0 saturated heterocycles. The molecule has 0 radical (unpaired) electrons. The Morgan fingerprint density at radius 3 is 2.71 bits per heavy atom. The van der Waals surface area contributed by atoms with Gasteiger partial charge in [-0.1, -0.05) is 13.3 Å². The zero-order valence-corrected chi connectivity index (χ0v) is 15.2. The highest BCUT2D eigenvalue weighted by Crippen LogP contribution is 2.27. The average molecular weight is 394 g/mol. The number of rotatable bonds is 6. The molecule has 0 spiro atoms. The van der Waals surface area contributed by atoms with E-state index in [1.807, 2.05) is 29.0 Å². The van der Waals surface area contributed by atoms with E-state index in [0.29, 0.717) is 13.2 Å². The van der Waals surface area contributed by atoms with E-state index in [4.69, 9.17) is 4.74 Å². The van der Waals surface area contributed by atoms with Crippen LogP contribution < -0.4 is 26.3 Å². The number of hydrogen-bond acceptors (Lipinski definition) is 2. The summed E-state index contributed by atoms with van der Waals surface area (Å²) >= 11 is 0. The number of aliphatic hydroxyl groups is 1. The number of aromatic nitrogens is 1. The van der Waals surface area contributed by atoms with Crippen molar-refractivity contribution in [1.29, 1.82) is 0 Å². The number of unbranched alkanes of at least 4 members (excludes halogenated alkanes) is 1. The van der Waals surface area contributed by atoms with Crippen LogP contribution in [0.1, 0.15) is 19.8 Å². The van der Waals surface area contributed by atoms with E-state index in [1.54, 1.807) is 12.1 Å². The SMILES string of the molecule is CCCCOc1ccc2c(c1)c[n+](CCO)c1ccc(F)cc21.[Br-]. The maximum absolute atomic E-state index is 13.7. The van der Waals surface area contributed by atoms with Crippen LogP contribution in [-0.4, -0.2) is 18.3 Å². The molecule has 1 heterocycles. The standard InChI is InChI=1S/C19H21FNO2.BrH/c1-2-3-10-23-16-5-6-17-14(11-16)13-21(8-9-22)19-7-4-15(20)12-18(17)19;/h4-7,11-13,22H,2-3,8-10H2,1H3;1H/q+1;/p-1. The second kappa shape index (κ2) is 8.40. The highest BCUT2D eigenvalue weighted by atomic mass is 79.9. The van der Waals surface area contributed by atoms with Gasteiger partial charge in [-0.15, -0.1) is 0 Å². The fourth-order valence-corrected chi connectivity index (χ4v) is 2.82. The lowest BCUT2D eigenvalue weighted by molar-refractivity contribution is -0.671. The maximum atomic E-state index is 13.7. The Kier molecular flexibility index (Phi) is 6.52. The van der Waals surface area contributed by atoms with Gasteiger partial charge in [-0.2, -0.15) is 4.57 Å². The van der Waals surface area contributed by atoms with Gasteiger partial charge in [0.25, 0.3) is 0 Å². The van der Waals surface area contributed by atoms with Crippen LogP contribution in [0, 0.1) is 5.82 Å². The van der Waals surface area contributed by atoms with Crippen LogP contribution in [0.25, 0.3) is 21.7 Å². The predicted octanol–water partition coefficient (Wildman–Crippen LogP) is 0.595. The summed E-state index contributed by atoms with van der Waals surface area (Å²) in [5, 5.41) is 12.1. The quantitative estimate of drug-likeness (QED) is 0.377. The van der Waals surface area contributed by atoms with Gasteiger partial charge in [0, 0.05) is 11.5 Å². The second-order valence-electron chi connectivity index (χ2n) is 5.66. The molecule has 1 aromatic heterocycles. The summed E-state index contributed by atoms with van der Waals surface area (Å²) in [5.74, 6) is 0.557. The van der Waals surface area contributed by atoms with Crippen LogP contribution in [0.2, 0.25) is 0 Å². The lowest BCUT2D eigenvalue weighted by Crippen LogP contribution is -3.00. The number of fused-ring (bicyclic) bond motifs is 3. The van der Waals surface area contributed by atoms with Crippen molar-refractivity contribution >= 4 is 21.7 Å². The fraction of sp³-hybridized carbons (Fsp3) is 0.316. The molecule has 0 aliphatic heterocycles. The molecule has 0 unspecified atom stereocenters. The number of aliphatic hydroxyl groups excluding tert-OH is 1. The number of ether oxygens (including phenoxy) is 1. The lowest BCUT2D eigenvalue weighted by Gasteiger charge is -2.08. The van der Waals surface area contributed by atoms with E-state index < -0.39 is 0 Å². The Hall–Kier alpha value is -1.72. The lowest BCUT2D eigenvalue weighted by atomic mass is 10.1. The minimum absolute atomic E-state index is 0. The Morgan fingerprint density at radius 1 is 1.12 bits per heavy atom. The van der Waals surface area contributed by atoms with Crippen LogP contribution in [0.4, 0.5) is 4.39 Å². The topological polar surface area (TPSA) is 33.3 Å². The molecule has 0 aliphatic carbocycles. The molecule has 3 rings (SSSR count). The molecule has 1 N–H and O–H groups in total. The Morgan fingerprint density at radius 2 is 1.96 bits per heavy atom. The molecule has 0 fully saturated rings. The minimum Gasteiger partial charge on any atom is -1.00 e. The molecule has 3 nitrogen and oxygen atoms in total. The third-order valence-corrected chi connectivity index (χ3v) is 3.98. The summed E-state index contributed by atoms with van der Waals surface area (Å²) in [7, 11) is 0. The summed E-state index contributed by atoms with van der Waals surface area (Å²) in [6.45, 7) is 3.33. The van der Waals surface area contributed by atoms with E-state index in [1.165, 1.54) is 6.07 Å². The largest absolute Gasteiger partial charge is 1.00 e. The van der Waals surface area contributed by atoms with E-state index in [-0.39, 0.29) is 29.4 Å². The molecule has 128 valence electrons. The van der Waals surface area contributed by atoms with Crippen molar-refractivity contribution in [2.45, 2.75) is 26.3 Å². The van der Waals surface area contributed by atoms with Crippen LogP contribution in [0.15, 0.2) is 42.6 Å². The number of nitrogens with zero attached hydrogens (tertiary/aromatic N) is 1. The Bertz CT molecular complexity index is 838. The molecule has 2 aromatic carbocycles. The first kappa shape index (κ1) is 18.6. The van der Waals surface area contributed by atoms with Crippen LogP contribution in [0.5, 0.6) is 5.75 Å². The molecular formula is C19H21BrFNO2. The predicted molar refractivity (Wildman–Crippen MR) is 89.1 cm³/mol. The summed E-state index contributed by atoms with van der Waals surface area (Å²) < 4.78 is 21.4. The smallest absolute Gasteiger partial charge is 0.213 e. The maximum Gasteiger partial charge on any atom is 0.213 e. The zero-order chi connectivity index (χ0) is 16.2. The first-order valence-electron chi connectivity index (χ1n) is 8.02. The molecule has 0 saturated carbocycles. The van der Waals surface area contributed by atoms with Crippen molar-refractivity contribution in [1.82, 2.24) is 0 Å². The fourth-order valence-electron chi connectivity index (χ4n) is 2.82. The van der Waals surface area contributed by atoms with Crippen LogP contribution >= 0.6 is 0 Å². The highest BCUT2D eigenvalue weighted by Gasteiger charge is 2.14. The molecule has 0 bridgehead atoms. The van der Waals surface area contributed by atoms with E-state index in [0.717, 1.165) is 40.3 Å². The number of hydrogen-bond donors (Lipinski definition) is 1. The van der Waals surface area contributed by atoms with Crippen molar-refractivity contribution in [3.05, 3.63) is 48.4 Å². The van der Waals surface area contributed by atoms with Crippen LogP contribution in [-0.2, 0) is 6.54 Å². The first-order valence-corrected chi connectivity index (χ1v) is 8.02. The van der Waals surface area contributed by atoms with Gasteiger partial charge in [-0.05, 0) is 36.8 Å². The monoisotopic (exact) mass is 393 g/mol. The molecule has 0 atom stereocenters. The number of pyridine rings is 1. The minimum atomic E-state index is -0.260. The molecule has 0 amide bonds. The van der Waals surface area contributed by atoms with Gasteiger partial charge >= 0.3 is 0 Å². The van der Waals surface area contributed by atoms with Gasteiger partial charge in [0.1, 0.15) is 18.2 Å². The Labute approximate surface area is 151 Å². The van der Waals surface area contributed by atoms with Gasteiger partial charge in [-0.25, -0.2) is 4.39 Å². The van der Waals surface area contributed by atoms with E-state index in [2.05, 4.69) is 6.92 Å². The summed E-state index contributed by atoms with van der Waals surface area (Å²) in [6.07, 6.45) is 4.10. The van der Waals surface area contributed by atoms with Gasteiger partial charge < -0.3 is 26.8 Å². The first-order chi connectivity index (χ1) is 11.2. The van der Waals surface area contributed by atoms with Gasteiger partial charge in [0.15, 0.2) is 12.7 Å². The summed E-state index contributed by atoms with van der Waals surface area (Å²) in [6, 6.07) is 10.6. The van der Waals surface area contributed by atoms with Gasteiger partial charge in [-0.3, -0.25) is 0 Å². The summed E-state index contributed by atoms with van der Waals surface area (Å²) in [5.41, 5.74) is 0.910.